The van der Waals surface area contributed by atoms with Crippen LogP contribution in [0.3, 0.4) is 0 Å². The molecule has 1 aromatic heterocycles. The van der Waals surface area contributed by atoms with Crippen molar-refractivity contribution in [2.75, 3.05) is 18.0 Å². The average Bonchev–Trinajstić information content (AvgIpc) is 2.39. The molecule has 0 radical (unpaired) electrons. The van der Waals surface area contributed by atoms with Crippen LogP contribution < -0.4 is 4.90 Å². The van der Waals surface area contributed by atoms with Gasteiger partial charge in [-0.2, -0.15) is 0 Å². The molecule has 2 aliphatic rings. The number of anilines is 1. The Morgan fingerprint density at radius 3 is 2.88 bits per heavy atom. The predicted molar refractivity (Wildman–Crippen MR) is 69.3 cm³/mol. The second-order valence-corrected chi connectivity index (χ2v) is 5.54. The van der Waals surface area contributed by atoms with Gasteiger partial charge in [0.05, 0.1) is 0 Å². The van der Waals surface area contributed by atoms with Crippen molar-refractivity contribution in [1.82, 2.24) is 9.97 Å². The number of hydrogen-bond acceptors (Lipinski definition) is 3. The molecule has 1 unspecified atom stereocenters. The summed E-state index contributed by atoms with van der Waals surface area (Å²) in [6, 6.07) is 0. The molecule has 0 spiro atoms. The Labute approximate surface area is 103 Å². The maximum Gasteiger partial charge on any atom is 0.225 e. The predicted octanol–water partition coefficient (Wildman–Crippen LogP) is 2.59. The van der Waals surface area contributed by atoms with E-state index in [-0.39, 0.29) is 0 Å². The number of hydrogen-bond donors (Lipinski definition) is 0. The molecular formula is C14H21N3. The van der Waals surface area contributed by atoms with Crippen molar-refractivity contribution >= 4 is 5.95 Å². The van der Waals surface area contributed by atoms with Crippen LogP contribution >= 0.6 is 0 Å². The highest BCUT2D eigenvalue weighted by Crippen LogP contribution is 2.25. The second kappa shape index (κ2) is 4.63. The summed E-state index contributed by atoms with van der Waals surface area (Å²) in [7, 11) is 0. The molecular weight excluding hydrogens is 210 g/mol. The number of aryl methyl sites for hydroxylation is 1. The Bertz CT molecular complexity index is 396. The molecule has 1 saturated heterocycles. The second-order valence-electron chi connectivity index (χ2n) is 5.54. The Hall–Kier alpha value is -1.12. The van der Waals surface area contributed by atoms with Crippen molar-refractivity contribution in [3.8, 4) is 0 Å². The molecule has 3 heteroatoms. The molecule has 0 saturated carbocycles. The Balaban J connectivity index is 1.82. The quantitative estimate of drug-likeness (QED) is 0.744. The summed E-state index contributed by atoms with van der Waals surface area (Å²) in [6.45, 7) is 4.59. The lowest BCUT2D eigenvalue weighted by molar-refractivity contribution is 0.490. The van der Waals surface area contributed by atoms with Crippen molar-refractivity contribution in [1.29, 1.82) is 0 Å². The Morgan fingerprint density at radius 1 is 1.24 bits per heavy atom. The molecule has 1 aliphatic heterocycles. The number of nitrogens with zero attached hydrogens (tertiary/aromatic N) is 3. The standard InChI is InChI=1S/C14H21N3/c1-11-5-6-13-12(9-11)10-15-14(16-13)17-7-3-2-4-8-17/h10-11H,2-9H2,1H3. The molecule has 0 N–H and O–H groups in total. The molecule has 2 heterocycles. The van der Waals surface area contributed by atoms with Crippen molar-refractivity contribution in [3.05, 3.63) is 17.5 Å². The van der Waals surface area contributed by atoms with Crippen LogP contribution in [-0.4, -0.2) is 23.1 Å². The summed E-state index contributed by atoms with van der Waals surface area (Å²) < 4.78 is 0. The van der Waals surface area contributed by atoms with Gasteiger partial charge in [-0.05, 0) is 50.0 Å². The minimum absolute atomic E-state index is 0.798. The van der Waals surface area contributed by atoms with Gasteiger partial charge in [0.15, 0.2) is 0 Å². The van der Waals surface area contributed by atoms with Gasteiger partial charge in [-0.15, -0.1) is 0 Å². The third kappa shape index (κ3) is 2.28. The SMILES string of the molecule is CC1CCc2nc(N3CCCCC3)ncc2C1. The monoisotopic (exact) mass is 231 g/mol. The van der Waals surface area contributed by atoms with Crippen LogP contribution in [0.4, 0.5) is 5.95 Å². The summed E-state index contributed by atoms with van der Waals surface area (Å²) in [5.74, 6) is 1.77. The van der Waals surface area contributed by atoms with Gasteiger partial charge in [0, 0.05) is 25.0 Å². The summed E-state index contributed by atoms with van der Waals surface area (Å²) in [5.41, 5.74) is 2.68. The van der Waals surface area contributed by atoms with Crippen LogP contribution in [0, 0.1) is 5.92 Å². The average molecular weight is 231 g/mol. The van der Waals surface area contributed by atoms with E-state index in [1.165, 1.54) is 36.9 Å². The molecule has 1 aromatic rings. The number of rotatable bonds is 1. The van der Waals surface area contributed by atoms with Gasteiger partial charge in [0.1, 0.15) is 0 Å². The van der Waals surface area contributed by atoms with E-state index in [9.17, 15) is 0 Å². The molecule has 1 fully saturated rings. The summed E-state index contributed by atoms with van der Waals surface area (Å²) >= 11 is 0. The van der Waals surface area contributed by atoms with Gasteiger partial charge in [-0.1, -0.05) is 6.92 Å². The lowest BCUT2D eigenvalue weighted by Gasteiger charge is -2.28. The van der Waals surface area contributed by atoms with E-state index in [0.29, 0.717) is 0 Å². The zero-order chi connectivity index (χ0) is 11.7. The van der Waals surface area contributed by atoms with E-state index in [1.54, 1.807) is 0 Å². The molecule has 3 nitrogen and oxygen atoms in total. The van der Waals surface area contributed by atoms with Crippen LogP contribution in [0.5, 0.6) is 0 Å². The normalized spacial score (nSPS) is 24.5. The largest absolute Gasteiger partial charge is 0.341 e. The van der Waals surface area contributed by atoms with Gasteiger partial charge in [0.2, 0.25) is 5.95 Å². The fraction of sp³-hybridized carbons (Fsp3) is 0.714. The molecule has 0 bridgehead atoms. The third-order valence-electron chi connectivity index (χ3n) is 4.02. The van der Waals surface area contributed by atoms with Crippen LogP contribution in [0.2, 0.25) is 0 Å². The molecule has 1 atom stereocenters. The molecule has 92 valence electrons. The molecule has 1 aliphatic carbocycles. The Kier molecular flexibility index (Phi) is 3.00. The van der Waals surface area contributed by atoms with Crippen molar-refractivity contribution in [2.24, 2.45) is 5.92 Å². The van der Waals surface area contributed by atoms with Crippen LogP contribution in [0.15, 0.2) is 6.20 Å². The first-order chi connectivity index (χ1) is 8.33. The van der Waals surface area contributed by atoms with Crippen molar-refractivity contribution < 1.29 is 0 Å². The first-order valence-corrected chi connectivity index (χ1v) is 6.92. The molecule has 17 heavy (non-hydrogen) atoms. The summed E-state index contributed by atoms with van der Waals surface area (Å²) in [4.78, 5) is 11.7. The minimum atomic E-state index is 0.798. The smallest absolute Gasteiger partial charge is 0.225 e. The first kappa shape index (κ1) is 11.0. The van der Waals surface area contributed by atoms with Gasteiger partial charge in [-0.3, -0.25) is 0 Å². The Morgan fingerprint density at radius 2 is 2.06 bits per heavy atom. The van der Waals surface area contributed by atoms with Crippen LogP contribution in [-0.2, 0) is 12.8 Å². The van der Waals surface area contributed by atoms with Gasteiger partial charge in [0.25, 0.3) is 0 Å². The maximum atomic E-state index is 4.79. The van der Waals surface area contributed by atoms with Gasteiger partial charge >= 0.3 is 0 Å². The summed E-state index contributed by atoms with van der Waals surface area (Å²) in [5, 5.41) is 0. The van der Waals surface area contributed by atoms with Gasteiger partial charge in [-0.25, -0.2) is 9.97 Å². The fourth-order valence-corrected chi connectivity index (χ4v) is 2.93. The maximum absolute atomic E-state index is 4.79. The van der Waals surface area contributed by atoms with E-state index >= 15 is 0 Å². The van der Waals surface area contributed by atoms with Crippen molar-refractivity contribution in [2.45, 2.75) is 45.4 Å². The van der Waals surface area contributed by atoms with E-state index < -0.39 is 0 Å². The molecule has 3 rings (SSSR count). The molecule has 0 aromatic carbocycles. The number of aromatic nitrogens is 2. The topological polar surface area (TPSA) is 29.0 Å². The number of piperidine rings is 1. The van der Waals surface area contributed by atoms with Crippen LogP contribution in [0.25, 0.3) is 0 Å². The first-order valence-electron chi connectivity index (χ1n) is 6.92. The number of fused-ring (bicyclic) bond motifs is 1. The van der Waals surface area contributed by atoms with E-state index in [1.807, 2.05) is 0 Å². The highest BCUT2D eigenvalue weighted by atomic mass is 15.2. The van der Waals surface area contributed by atoms with Crippen molar-refractivity contribution in [3.63, 3.8) is 0 Å². The lowest BCUT2D eigenvalue weighted by atomic mass is 9.89. The highest BCUT2D eigenvalue weighted by Gasteiger charge is 2.19. The van der Waals surface area contributed by atoms with Gasteiger partial charge < -0.3 is 4.90 Å². The minimum Gasteiger partial charge on any atom is -0.341 e. The summed E-state index contributed by atoms with van der Waals surface area (Å²) in [6.07, 6.45) is 9.59. The third-order valence-corrected chi connectivity index (χ3v) is 4.02. The van der Waals surface area contributed by atoms with E-state index in [0.717, 1.165) is 37.8 Å². The molecule has 0 amide bonds. The highest BCUT2D eigenvalue weighted by molar-refractivity contribution is 5.34. The zero-order valence-corrected chi connectivity index (χ0v) is 10.7. The van der Waals surface area contributed by atoms with E-state index in [4.69, 9.17) is 4.98 Å². The lowest BCUT2D eigenvalue weighted by Crippen LogP contribution is -2.31. The zero-order valence-electron chi connectivity index (χ0n) is 10.7. The van der Waals surface area contributed by atoms with E-state index in [2.05, 4.69) is 23.0 Å². The fourth-order valence-electron chi connectivity index (χ4n) is 2.93. The van der Waals surface area contributed by atoms with Crippen LogP contribution in [0.1, 0.15) is 43.9 Å².